The second-order valence-corrected chi connectivity index (χ2v) is 11.5. The third kappa shape index (κ3) is 9.07. The number of aliphatic hydroxyl groups is 1. The number of hydrogen-bond donors (Lipinski definition) is 3. The number of rotatable bonds is 10. The Balaban J connectivity index is 1.49. The lowest BCUT2D eigenvalue weighted by Crippen LogP contribution is -2.48. The van der Waals surface area contributed by atoms with E-state index in [2.05, 4.69) is 15.5 Å². The number of amides is 4. The molecule has 2 aliphatic heterocycles. The minimum atomic E-state index is -0.464. The second kappa shape index (κ2) is 15.7. The van der Waals surface area contributed by atoms with Gasteiger partial charge in [0.05, 0.1) is 45.9 Å². The van der Waals surface area contributed by atoms with Crippen molar-refractivity contribution < 1.29 is 33.7 Å². The van der Waals surface area contributed by atoms with Crippen LogP contribution in [0, 0.1) is 5.92 Å². The number of ether oxygens (including phenoxy) is 3. The Morgan fingerprint density at radius 3 is 2.50 bits per heavy atom. The molecule has 2 aromatic rings. The molecule has 0 saturated carbocycles. The third-order valence-electron chi connectivity index (χ3n) is 8.10. The van der Waals surface area contributed by atoms with Gasteiger partial charge in [-0.25, -0.2) is 4.79 Å². The van der Waals surface area contributed by atoms with Crippen molar-refractivity contribution in [3.63, 3.8) is 0 Å². The summed E-state index contributed by atoms with van der Waals surface area (Å²) in [6.07, 6.45) is -0.0722. The topological polar surface area (TPSA) is 133 Å². The van der Waals surface area contributed by atoms with Crippen molar-refractivity contribution in [2.24, 2.45) is 5.92 Å². The van der Waals surface area contributed by atoms with Gasteiger partial charge in [-0.15, -0.1) is 0 Å². The predicted molar refractivity (Wildman–Crippen MR) is 167 cm³/mol. The highest BCUT2D eigenvalue weighted by atomic mass is 16.5. The van der Waals surface area contributed by atoms with Crippen LogP contribution in [-0.2, 0) is 20.7 Å². The average Bonchev–Trinajstić information content (AvgIpc) is 3.07. The number of aliphatic hydroxyl groups excluding tert-OH is 1. The normalized spacial score (nSPS) is 19.8. The standard InChI is InChI=1S/C32H45N5O7/c1-22-19-37(23(2)21-38)31(40)18-24-17-26(33-30(39)11-12-36-13-15-43-16-14-36)7-10-28(24)44-29(22)20-35(3)32(41)34-25-5-8-27(42-4)9-6-25/h5-10,17,22-23,29,38H,11-16,18-21H2,1-4H3,(H,33,39)(H,34,41)/t22-,23+,29+/m1/s1. The van der Waals surface area contributed by atoms with E-state index in [4.69, 9.17) is 14.2 Å². The molecule has 1 fully saturated rings. The maximum absolute atomic E-state index is 13.5. The Kier molecular flexibility index (Phi) is 11.8. The zero-order chi connectivity index (χ0) is 31.6. The zero-order valence-corrected chi connectivity index (χ0v) is 26.1. The molecule has 12 heteroatoms. The number of morpholine rings is 1. The Hall–Kier alpha value is -3.87. The SMILES string of the molecule is COc1ccc(NC(=O)N(C)C[C@@H]2Oc3ccc(NC(=O)CCN4CCOCC4)cc3CC(=O)N([C@@H](C)CO)C[C@H]2C)cc1. The van der Waals surface area contributed by atoms with Crippen LogP contribution in [0.3, 0.4) is 0 Å². The molecule has 2 aliphatic rings. The Morgan fingerprint density at radius 2 is 1.82 bits per heavy atom. The number of likely N-dealkylation sites (N-methyl/N-ethyl adjacent to an activating group) is 1. The molecule has 1 saturated heterocycles. The number of nitrogens with zero attached hydrogens (tertiary/aromatic N) is 3. The van der Waals surface area contributed by atoms with Crippen LogP contribution < -0.4 is 20.1 Å². The van der Waals surface area contributed by atoms with E-state index in [1.54, 1.807) is 73.3 Å². The molecule has 3 N–H and O–H groups in total. The van der Waals surface area contributed by atoms with Crippen molar-refractivity contribution in [3.05, 3.63) is 48.0 Å². The highest BCUT2D eigenvalue weighted by Gasteiger charge is 2.32. The molecule has 3 atom stereocenters. The molecule has 12 nitrogen and oxygen atoms in total. The Bertz CT molecular complexity index is 1270. The summed E-state index contributed by atoms with van der Waals surface area (Å²) in [4.78, 5) is 44.7. The van der Waals surface area contributed by atoms with Gasteiger partial charge in [0.1, 0.15) is 17.6 Å². The molecule has 0 radical (unpaired) electrons. The van der Waals surface area contributed by atoms with Gasteiger partial charge in [0.15, 0.2) is 0 Å². The fourth-order valence-electron chi connectivity index (χ4n) is 5.28. The minimum absolute atomic E-state index is 0.0460. The molecule has 4 amide bonds. The van der Waals surface area contributed by atoms with Gasteiger partial charge >= 0.3 is 6.03 Å². The van der Waals surface area contributed by atoms with E-state index in [0.29, 0.717) is 61.2 Å². The second-order valence-electron chi connectivity index (χ2n) is 11.5. The van der Waals surface area contributed by atoms with Gasteiger partial charge in [0.25, 0.3) is 0 Å². The summed E-state index contributed by atoms with van der Waals surface area (Å²) in [5.74, 6) is 0.775. The molecule has 4 rings (SSSR count). The summed E-state index contributed by atoms with van der Waals surface area (Å²) in [5, 5.41) is 15.8. The average molecular weight is 612 g/mol. The van der Waals surface area contributed by atoms with Crippen LogP contribution in [0.5, 0.6) is 11.5 Å². The van der Waals surface area contributed by atoms with Gasteiger partial charge in [-0.2, -0.15) is 0 Å². The molecule has 240 valence electrons. The maximum atomic E-state index is 13.5. The Labute approximate surface area is 259 Å². The number of nitrogens with one attached hydrogen (secondary N) is 2. The molecule has 2 aromatic carbocycles. The summed E-state index contributed by atoms with van der Waals surface area (Å²) < 4.78 is 17.1. The predicted octanol–water partition coefficient (Wildman–Crippen LogP) is 2.67. The fraction of sp³-hybridized carbons (Fsp3) is 0.531. The van der Waals surface area contributed by atoms with E-state index in [1.165, 1.54) is 0 Å². The highest BCUT2D eigenvalue weighted by Crippen LogP contribution is 2.29. The molecular formula is C32H45N5O7. The van der Waals surface area contributed by atoms with Gasteiger partial charge in [0, 0.05) is 62.5 Å². The lowest BCUT2D eigenvalue weighted by atomic mass is 10.0. The Morgan fingerprint density at radius 1 is 1.11 bits per heavy atom. The number of anilines is 2. The quantitative estimate of drug-likeness (QED) is 0.374. The van der Waals surface area contributed by atoms with Crippen molar-refractivity contribution >= 4 is 29.2 Å². The van der Waals surface area contributed by atoms with Crippen LogP contribution >= 0.6 is 0 Å². The minimum Gasteiger partial charge on any atom is -0.497 e. The van der Waals surface area contributed by atoms with Crippen LogP contribution in [0.25, 0.3) is 0 Å². The van der Waals surface area contributed by atoms with Crippen LogP contribution in [-0.4, -0.2) is 116 Å². The maximum Gasteiger partial charge on any atom is 0.321 e. The third-order valence-corrected chi connectivity index (χ3v) is 8.10. The number of hydrogen-bond acceptors (Lipinski definition) is 8. The van der Waals surface area contributed by atoms with Crippen LogP contribution in [0.4, 0.5) is 16.2 Å². The summed E-state index contributed by atoms with van der Waals surface area (Å²) in [6, 6.07) is 11.7. The number of benzene rings is 2. The van der Waals surface area contributed by atoms with E-state index >= 15 is 0 Å². The molecule has 2 heterocycles. The van der Waals surface area contributed by atoms with E-state index in [-0.39, 0.29) is 43.3 Å². The smallest absolute Gasteiger partial charge is 0.321 e. The molecule has 0 aromatic heterocycles. The molecule has 44 heavy (non-hydrogen) atoms. The molecular weight excluding hydrogens is 566 g/mol. The first-order chi connectivity index (χ1) is 21.2. The van der Waals surface area contributed by atoms with Crippen molar-refractivity contribution in [1.29, 1.82) is 0 Å². The van der Waals surface area contributed by atoms with Crippen molar-refractivity contribution in [3.8, 4) is 11.5 Å². The van der Waals surface area contributed by atoms with Gasteiger partial charge in [-0.1, -0.05) is 6.92 Å². The number of methoxy groups -OCH3 is 1. The van der Waals surface area contributed by atoms with Gasteiger partial charge in [-0.05, 0) is 49.4 Å². The highest BCUT2D eigenvalue weighted by molar-refractivity contribution is 5.91. The van der Waals surface area contributed by atoms with Crippen LogP contribution in [0.2, 0.25) is 0 Å². The number of carbonyl (C=O) groups is 3. The first kappa shape index (κ1) is 33.0. The van der Waals surface area contributed by atoms with Crippen molar-refractivity contribution in [1.82, 2.24) is 14.7 Å². The van der Waals surface area contributed by atoms with Gasteiger partial charge < -0.3 is 39.8 Å². The van der Waals surface area contributed by atoms with Crippen molar-refractivity contribution in [2.75, 3.05) is 77.3 Å². The van der Waals surface area contributed by atoms with E-state index in [1.807, 2.05) is 6.92 Å². The molecule has 0 unspecified atom stereocenters. The fourth-order valence-corrected chi connectivity index (χ4v) is 5.28. The summed E-state index contributed by atoms with van der Waals surface area (Å²) in [6.45, 7) is 7.81. The first-order valence-corrected chi connectivity index (χ1v) is 15.1. The van der Waals surface area contributed by atoms with Gasteiger partial charge in [0.2, 0.25) is 11.8 Å². The van der Waals surface area contributed by atoms with E-state index in [9.17, 15) is 19.5 Å². The molecule has 0 aliphatic carbocycles. The van der Waals surface area contributed by atoms with E-state index < -0.39 is 12.1 Å². The van der Waals surface area contributed by atoms with Crippen LogP contribution in [0.1, 0.15) is 25.8 Å². The molecule has 0 bridgehead atoms. The number of fused-ring (bicyclic) bond motifs is 1. The zero-order valence-electron chi connectivity index (χ0n) is 26.1. The lowest BCUT2D eigenvalue weighted by molar-refractivity contribution is -0.134. The summed E-state index contributed by atoms with van der Waals surface area (Å²) in [7, 11) is 3.27. The van der Waals surface area contributed by atoms with Crippen LogP contribution in [0.15, 0.2) is 42.5 Å². The number of carbonyl (C=O) groups excluding carboxylic acids is 3. The lowest BCUT2D eigenvalue weighted by Gasteiger charge is -2.34. The summed E-state index contributed by atoms with van der Waals surface area (Å²) in [5.41, 5.74) is 1.83. The summed E-state index contributed by atoms with van der Waals surface area (Å²) >= 11 is 0. The number of urea groups is 1. The largest absolute Gasteiger partial charge is 0.497 e. The molecule has 0 spiro atoms. The van der Waals surface area contributed by atoms with Gasteiger partial charge in [-0.3, -0.25) is 14.5 Å². The first-order valence-electron chi connectivity index (χ1n) is 15.1. The monoisotopic (exact) mass is 611 g/mol. The van der Waals surface area contributed by atoms with E-state index in [0.717, 1.165) is 13.1 Å². The van der Waals surface area contributed by atoms with Crippen molar-refractivity contribution in [2.45, 2.75) is 38.8 Å².